The minimum atomic E-state index is 0.924. The lowest BCUT2D eigenvalue weighted by atomic mass is 10.1. The quantitative estimate of drug-likeness (QED) is 0.555. The van der Waals surface area contributed by atoms with Gasteiger partial charge in [0.1, 0.15) is 0 Å². The van der Waals surface area contributed by atoms with Gasteiger partial charge in [-0.25, -0.2) is 0 Å². The molecule has 0 bridgehead atoms. The van der Waals surface area contributed by atoms with Gasteiger partial charge >= 0.3 is 0 Å². The third-order valence-electron chi connectivity index (χ3n) is 2.26. The van der Waals surface area contributed by atoms with Gasteiger partial charge in [0, 0.05) is 17.6 Å². The first-order valence-corrected chi connectivity index (χ1v) is 5.22. The summed E-state index contributed by atoms with van der Waals surface area (Å²) in [5.74, 6) is 0.945. The third kappa shape index (κ3) is 2.38. The molecule has 0 aromatic heterocycles. The average Bonchev–Trinajstić information content (AvgIpc) is 2.31. The van der Waals surface area contributed by atoms with E-state index >= 15 is 0 Å². The highest BCUT2D eigenvalue weighted by Crippen LogP contribution is 2.33. The van der Waals surface area contributed by atoms with Crippen LogP contribution in [0.5, 0.6) is 0 Å². The molecule has 0 aromatic carbocycles. The van der Waals surface area contributed by atoms with Crippen LogP contribution < -0.4 is 0 Å². The van der Waals surface area contributed by atoms with Crippen molar-refractivity contribution in [3.8, 4) is 0 Å². The van der Waals surface area contributed by atoms with Crippen LogP contribution in [-0.4, -0.2) is 17.6 Å². The zero-order valence-corrected chi connectivity index (χ0v) is 8.63. The fraction of sp³-hybridized carbons (Fsp3) is 1.00. The summed E-state index contributed by atoms with van der Waals surface area (Å²) in [6, 6.07) is 0. The number of hydrogen-bond acceptors (Lipinski definition) is 1. The van der Waals surface area contributed by atoms with E-state index < -0.39 is 0 Å². The van der Waals surface area contributed by atoms with E-state index in [-0.39, 0.29) is 0 Å². The zero-order chi connectivity index (χ0) is 7.40. The van der Waals surface area contributed by atoms with Crippen LogP contribution >= 0.6 is 22.6 Å². The van der Waals surface area contributed by atoms with Gasteiger partial charge < -0.3 is 4.74 Å². The largest absolute Gasteiger partial charge is 0.385 e. The van der Waals surface area contributed by atoms with Crippen LogP contribution in [0.1, 0.15) is 25.7 Å². The standard InChI is InChI=1S/C8H15IO/c1-10-6-5-7-3-2-4-8(7)9/h7-8H,2-6H2,1H3/t7-,8+/m1/s1. The van der Waals surface area contributed by atoms with Crippen molar-refractivity contribution in [1.29, 1.82) is 0 Å². The fourth-order valence-electron chi connectivity index (χ4n) is 1.59. The Hall–Kier alpha value is 0.690. The van der Waals surface area contributed by atoms with Crippen LogP contribution in [0.4, 0.5) is 0 Å². The van der Waals surface area contributed by atoms with Gasteiger partial charge in [-0.2, -0.15) is 0 Å². The zero-order valence-electron chi connectivity index (χ0n) is 6.48. The van der Waals surface area contributed by atoms with Crippen molar-refractivity contribution >= 4 is 22.6 Å². The Morgan fingerprint density at radius 2 is 2.30 bits per heavy atom. The Labute approximate surface area is 76.7 Å². The molecule has 2 atom stereocenters. The van der Waals surface area contributed by atoms with Crippen molar-refractivity contribution in [2.24, 2.45) is 5.92 Å². The monoisotopic (exact) mass is 254 g/mol. The molecule has 0 aromatic rings. The van der Waals surface area contributed by atoms with Crippen molar-refractivity contribution in [2.75, 3.05) is 13.7 Å². The van der Waals surface area contributed by atoms with Crippen LogP contribution in [0, 0.1) is 5.92 Å². The molecule has 1 rings (SSSR count). The smallest absolute Gasteiger partial charge is 0.0465 e. The Morgan fingerprint density at radius 3 is 2.80 bits per heavy atom. The summed E-state index contributed by atoms with van der Waals surface area (Å²) in [5.41, 5.74) is 0. The first-order chi connectivity index (χ1) is 4.84. The molecule has 1 nitrogen and oxygen atoms in total. The summed E-state index contributed by atoms with van der Waals surface area (Å²) >= 11 is 2.58. The summed E-state index contributed by atoms with van der Waals surface area (Å²) in [6.45, 7) is 0.949. The number of ether oxygens (including phenoxy) is 1. The Kier molecular flexibility index (Phi) is 3.99. The lowest BCUT2D eigenvalue weighted by Crippen LogP contribution is -2.08. The highest BCUT2D eigenvalue weighted by molar-refractivity contribution is 14.1. The molecule has 10 heavy (non-hydrogen) atoms. The lowest BCUT2D eigenvalue weighted by molar-refractivity contribution is 0.179. The molecule has 1 fully saturated rings. The fourth-order valence-corrected chi connectivity index (χ4v) is 2.75. The Balaban J connectivity index is 2.14. The molecule has 60 valence electrons. The summed E-state index contributed by atoms with van der Waals surface area (Å²) in [6.07, 6.45) is 5.55. The summed E-state index contributed by atoms with van der Waals surface area (Å²) in [7, 11) is 1.79. The average molecular weight is 254 g/mol. The molecule has 0 N–H and O–H groups in total. The molecule has 0 spiro atoms. The van der Waals surface area contributed by atoms with Crippen LogP contribution in [0.15, 0.2) is 0 Å². The number of alkyl halides is 1. The van der Waals surface area contributed by atoms with Gasteiger partial charge in [-0.15, -0.1) is 0 Å². The van der Waals surface area contributed by atoms with E-state index in [1.807, 2.05) is 0 Å². The topological polar surface area (TPSA) is 9.23 Å². The molecule has 0 amide bonds. The first kappa shape index (κ1) is 8.78. The van der Waals surface area contributed by atoms with Gasteiger partial charge in [0.15, 0.2) is 0 Å². The van der Waals surface area contributed by atoms with Gasteiger partial charge in [0.25, 0.3) is 0 Å². The molecule has 1 saturated carbocycles. The van der Waals surface area contributed by atoms with Crippen LogP contribution in [0.2, 0.25) is 0 Å². The van der Waals surface area contributed by atoms with E-state index in [1.54, 1.807) is 7.11 Å². The maximum atomic E-state index is 5.05. The van der Waals surface area contributed by atoms with Gasteiger partial charge in [0.05, 0.1) is 0 Å². The second-order valence-corrected chi connectivity index (χ2v) is 4.59. The molecular weight excluding hydrogens is 239 g/mol. The lowest BCUT2D eigenvalue weighted by Gasteiger charge is -2.11. The minimum absolute atomic E-state index is 0.924. The SMILES string of the molecule is COCC[C@H]1CCC[C@@H]1I. The Bertz CT molecular complexity index is 95.3. The highest BCUT2D eigenvalue weighted by atomic mass is 127. The molecular formula is C8H15IO. The van der Waals surface area contributed by atoms with Crippen molar-refractivity contribution in [3.63, 3.8) is 0 Å². The number of halogens is 1. The second-order valence-electron chi connectivity index (χ2n) is 2.99. The van der Waals surface area contributed by atoms with E-state index in [0.717, 1.165) is 16.4 Å². The number of hydrogen-bond donors (Lipinski definition) is 0. The van der Waals surface area contributed by atoms with Crippen molar-refractivity contribution < 1.29 is 4.74 Å². The van der Waals surface area contributed by atoms with Crippen molar-refractivity contribution in [1.82, 2.24) is 0 Å². The predicted octanol–water partition coefficient (Wildman–Crippen LogP) is 2.63. The minimum Gasteiger partial charge on any atom is -0.385 e. The maximum Gasteiger partial charge on any atom is 0.0465 e. The van der Waals surface area contributed by atoms with Gasteiger partial charge in [-0.3, -0.25) is 0 Å². The van der Waals surface area contributed by atoms with Gasteiger partial charge in [-0.05, 0) is 25.2 Å². The van der Waals surface area contributed by atoms with E-state index in [2.05, 4.69) is 22.6 Å². The first-order valence-electron chi connectivity index (χ1n) is 3.97. The van der Waals surface area contributed by atoms with Crippen LogP contribution in [-0.2, 0) is 4.74 Å². The van der Waals surface area contributed by atoms with Crippen LogP contribution in [0.3, 0.4) is 0 Å². The second kappa shape index (κ2) is 4.54. The molecule has 1 aliphatic carbocycles. The van der Waals surface area contributed by atoms with Crippen molar-refractivity contribution in [2.45, 2.75) is 29.6 Å². The van der Waals surface area contributed by atoms with Gasteiger partial charge in [0.2, 0.25) is 0 Å². The van der Waals surface area contributed by atoms with E-state index in [1.165, 1.54) is 25.7 Å². The molecule has 0 unspecified atom stereocenters. The summed E-state index contributed by atoms with van der Waals surface area (Å²) in [4.78, 5) is 0. The van der Waals surface area contributed by atoms with E-state index in [4.69, 9.17) is 4.74 Å². The normalized spacial score (nSPS) is 33.0. The predicted molar refractivity (Wildman–Crippen MR) is 51.6 cm³/mol. The molecule has 0 radical (unpaired) electrons. The summed E-state index contributed by atoms with van der Waals surface area (Å²) < 4.78 is 5.97. The molecule has 0 aliphatic heterocycles. The Morgan fingerprint density at radius 1 is 1.50 bits per heavy atom. The van der Waals surface area contributed by atoms with E-state index in [0.29, 0.717) is 0 Å². The molecule has 0 heterocycles. The van der Waals surface area contributed by atoms with E-state index in [9.17, 15) is 0 Å². The molecule has 1 aliphatic rings. The highest BCUT2D eigenvalue weighted by Gasteiger charge is 2.23. The van der Waals surface area contributed by atoms with Gasteiger partial charge in [-0.1, -0.05) is 29.0 Å². The van der Waals surface area contributed by atoms with Crippen LogP contribution in [0.25, 0.3) is 0 Å². The number of rotatable bonds is 3. The molecule has 2 heteroatoms. The molecule has 0 saturated heterocycles. The number of methoxy groups -OCH3 is 1. The third-order valence-corrected chi connectivity index (χ3v) is 3.90. The van der Waals surface area contributed by atoms with Crippen molar-refractivity contribution in [3.05, 3.63) is 0 Å². The maximum absolute atomic E-state index is 5.05. The summed E-state index contributed by atoms with van der Waals surface area (Å²) in [5, 5.41) is 0.